The van der Waals surface area contributed by atoms with Gasteiger partial charge in [0, 0.05) is 10.9 Å². The molecule has 0 radical (unpaired) electrons. The van der Waals surface area contributed by atoms with Crippen LogP contribution in [0.25, 0.3) is 0 Å². The third-order valence-corrected chi connectivity index (χ3v) is 4.55. The zero-order chi connectivity index (χ0) is 16.0. The van der Waals surface area contributed by atoms with E-state index < -0.39 is 0 Å². The third-order valence-electron chi connectivity index (χ3n) is 3.49. The summed E-state index contributed by atoms with van der Waals surface area (Å²) in [5, 5.41) is 3.63. The predicted octanol–water partition coefficient (Wildman–Crippen LogP) is 5.10. The number of benzene rings is 1. The number of carbonyl (C=O) groups excluding carboxylic acids is 1. The van der Waals surface area contributed by atoms with Crippen LogP contribution in [0.3, 0.4) is 0 Å². The molecule has 0 aliphatic carbocycles. The molecule has 118 valence electrons. The van der Waals surface area contributed by atoms with E-state index in [1.54, 1.807) is 12.1 Å². The number of carbonyl (C=O) groups is 1. The Morgan fingerprint density at radius 1 is 1.29 bits per heavy atom. The van der Waals surface area contributed by atoms with Gasteiger partial charge in [-0.15, -0.1) is 0 Å². The second-order valence-corrected chi connectivity index (χ2v) is 7.14. The fourth-order valence-electron chi connectivity index (χ4n) is 2.21. The molecular weight excluding hydrogens is 375 g/mol. The largest absolute Gasteiger partial charge is 0.330 e. The molecule has 1 aromatic carbocycles. The van der Waals surface area contributed by atoms with Crippen molar-refractivity contribution >= 4 is 50.7 Å². The molecule has 1 amide bonds. The molecule has 1 aromatic rings. The average molecular weight is 396 g/mol. The highest BCUT2D eigenvalue weighted by Crippen LogP contribution is 2.34. The Morgan fingerprint density at radius 2 is 1.86 bits per heavy atom. The molecule has 1 atom stereocenters. The monoisotopic (exact) mass is 394 g/mol. The summed E-state index contributed by atoms with van der Waals surface area (Å²) >= 11 is 15.5. The Labute approximate surface area is 144 Å². The summed E-state index contributed by atoms with van der Waals surface area (Å²) in [7, 11) is 0. The quantitative estimate of drug-likeness (QED) is 0.674. The van der Waals surface area contributed by atoms with Crippen molar-refractivity contribution < 1.29 is 4.79 Å². The van der Waals surface area contributed by atoms with Gasteiger partial charge in [-0.25, -0.2) is 0 Å². The van der Waals surface area contributed by atoms with Crippen LogP contribution in [0.1, 0.15) is 33.1 Å². The third kappa shape index (κ3) is 6.15. The second kappa shape index (κ2) is 8.99. The lowest BCUT2D eigenvalue weighted by Crippen LogP contribution is -2.18. The van der Waals surface area contributed by atoms with Gasteiger partial charge in [-0.2, -0.15) is 0 Å². The fraction of sp³-hybridized carbons (Fsp3) is 0.533. The molecule has 1 rings (SSSR count). The minimum Gasteiger partial charge on any atom is -0.330 e. The Hall–Kier alpha value is -0.290. The van der Waals surface area contributed by atoms with Crippen LogP contribution in [0.2, 0.25) is 10.0 Å². The fourth-order valence-corrected chi connectivity index (χ4v) is 3.51. The number of halogens is 3. The summed E-state index contributed by atoms with van der Waals surface area (Å²) in [6.07, 6.45) is 2.18. The van der Waals surface area contributed by atoms with Crippen LogP contribution in [-0.4, -0.2) is 12.5 Å². The van der Waals surface area contributed by atoms with Crippen LogP contribution in [0, 0.1) is 11.8 Å². The van der Waals surface area contributed by atoms with Gasteiger partial charge in [0.05, 0.1) is 15.7 Å². The summed E-state index contributed by atoms with van der Waals surface area (Å²) < 4.78 is 0.776. The second-order valence-electron chi connectivity index (χ2n) is 5.41. The van der Waals surface area contributed by atoms with Gasteiger partial charge in [0.15, 0.2) is 0 Å². The van der Waals surface area contributed by atoms with Crippen molar-refractivity contribution in [1.82, 2.24) is 0 Å². The minimum absolute atomic E-state index is 0.0798. The summed E-state index contributed by atoms with van der Waals surface area (Å²) in [5.41, 5.74) is 6.08. The molecular formula is C15H21BrCl2N2O. The molecule has 3 N–H and O–H groups in total. The normalized spacial score (nSPS) is 12.5. The highest BCUT2D eigenvalue weighted by atomic mass is 79.9. The van der Waals surface area contributed by atoms with E-state index in [4.69, 9.17) is 28.9 Å². The van der Waals surface area contributed by atoms with Crippen LogP contribution in [0.5, 0.6) is 0 Å². The summed E-state index contributed by atoms with van der Waals surface area (Å²) in [5.74, 6) is 0.890. The summed E-state index contributed by atoms with van der Waals surface area (Å²) in [4.78, 5) is 12.1. The number of nitrogens with one attached hydrogen (secondary N) is 1. The molecule has 6 heteroatoms. The number of hydrogen-bond acceptors (Lipinski definition) is 2. The van der Waals surface area contributed by atoms with Gasteiger partial charge in [-0.05, 0) is 43.4 Å². The molecule has 0 saturated heterocycles. The molecule has 0 aliphatic rings. The first-order valence-corrected chi connectivity index (χ1v) is 8.54. The average Bonchev–Trinajstić information content (AvgIpc) is 2.38. The lowest BCUT2D eigenvalue weighted by molar-refractivity contribution is -0.116. The number of rotatable bonds is 7. The molecule has 0 bridgehead atoms. The molecule has 0 fully saturated rings. The van der Waals surface area contributed by atoms with E-state index in [2.05, 4.69) is 35.1 Å². The molecule has 21 heavy (non-hydrogen) atoms. The predicted molar refractivity (Wildman–Crippen MR) is 94.0 cm³/mol. The van der Waals surface area contributed by atoms with Crippen LogP contribution in [-0.2, 0) is 4.79 Å². The van der Waals surface area contributed by atoms with E-state index in [0.717, 1.165) is 17.3 Å². The first-order valence-electron chi connectivity index (χ1n) is 6.99. The van der Waals surface area contributed by atoms with Crippen molar-refractivity contribution in [3.63, 3.8) is 0 Å². The number of anilines is 1. The Morgan fingerprint density at radius 3 is 2.33 bits per heavy atom. The maximum Gasteiger partial charge on any atom is 0.224 e. The van der Waals surface area contributed by atoms with Gasteiger partial charge in [-0.1, -0.05) is 53.0 Å². The van der Waals surface area contributed by atoms with Crippen molar-refractivity contribution in [2.24, 2.45) is 17.6 Å². The highest BCUT2D eigenvalue weighted by Gasteiger charge is 2.16. The van der Waals surface area contributed by atoms with Gasteiger partial charge < -0.3 is 11.1 Å². The van der Waals surface area contributed by atoms with Gasteiger partial charge in [-0.3, -0.25) is 4.79 Å². The molecule has 0 aromatic heterocycles. The van der Waals surface area contributed by atoms with E-state index in [0.29, 0.717) is 40.5 Å². The summed E-state index contributed by atoms with van der Waals surface area (Å²) in [6, 6.07) is 3.41. The van der Waals surface area contributed by atoms with E-state index in [9.17, 15) is 4.79 Å². The molecule has 0 saturated carbocycles. The zero-order valence-corrected chi connectivity index (χ0v) is 15.4. The molecule has 0 heterocycles. The first kappa shape index (κ1) is 18.8. The summed E-state index contributed by atoms with van der Waals surface area (Å²) in [6.45, 7) is 4.95. The molecule has 0 aliphatic heterocycles. The Bertz CT molecular complexity index is 472. The van der Waals surface area contributed by atoms with Crippen LogP contribution < -0.4 is 11.1 Å². The Balaban J connectivity index is 2.62. The first-order chi connectivity index (χ1) is 9.85. The van der Waals surface area contributed by atoms with Crippen molar-refractivity contribution in [2.75, 3.05) is 11.9 Å². The van der Waals surface area contributed by atoms with Crippen molar-refractivity contribution in [3.05, 3.63) is 26.7 Å². The topological polar surface area (TPSA) is 55.1 Å². The van der Waals surface area contributed by atoms with E-state index in [-0.39, 0.29) is 5.91 Å². The van der Waals surface area contributed by atoms with Crippen molar-refractivity contribution in [1.29, 1.82) is 0 Å². The van der Waals surface area contributed by atoms with Crippen LogP contribution in [0.15, 0.2) is 16.6 Å². The van der Waals surface area contributed by atoms with E-state index >= 15 is 0 Å². The lowest BCUT2D eigenvalue weighted by atomic mass is 9.88. The minimum atomic E-state index is -0.0798. The lowest BCUT2D eigenvalue weighted by Gasteiger charge is -2.19. The molecule has 0 spiro atoms. The number of hydrogen-bond donors (Lipinski definition) is 2. The standard InChI is InChI=1S/C15H21BrCl2N2O/c1-9(2)10(5-6-19)3-4-14(21)20-15-12(17)7-11(16)8-13(15)18/h7-10H,3-6,19H2,1-2H3,(H,20,21). The van der Waals surface area contributed by atoms with Crippen LogP contribution in [0.4, 0.5) is 5.69 Å². The maximum atomic E-state index is 12.1. The number of amides is 1. The molecule has 1 unspecified atom stereocenters. The van der Waals surface area contributed by atoms with Gasteiger partial charge in [0.25, 0.3) is 0 Å². The molecule has 3 nitrogen and oxygen atoms in total. The van der Waals surface area contributed by atoms with E-state index in [1.807, 2.05) is 0 Å². The van der Waals surface area contributed by atoms with Crippen molar-refractivity contribution in [2.45, 2.75) is 33.1 Å². The highest BCUT2D eigenvalue weighted by molar-refractivity contribution is 9.10. The van der Waals surface area contributed by atoms with Gasteiger partial charge >= 0.3 is 0 Å². The SMILES string of the molecule is CC(C)C(CCN)CCC(=O)Nc1c(Cl)cc(Br)cc1Cl. The van der Waals surface area contributed by atoms with Crippen molar-refractivity contribution in [3.8, 4) is 0 Å². The number of nitrogens with two attached hydrogens (primary N) is 1. The smallest absolute Gasteiger partial charge is 0.224 e. The van der Waals surface area contributed by atoms with Gasteiger partial charge in [0.1, 0.15) is 0 Å². The Kier molecular flexibility index (Phi) is 8.03. The van der Waals surface area contributed by atoms with Crippen LogP contribution >= 0.6 is 39.1 Å². The van der Waals surface area contributed by atoms with Gasteiger partial charge in [0.2, 0.25) is 5.91 Å². The maximum absolute atomic E-state index is 12.1. The zero-order valence-electron chi connectivity index (χ0n) is 12.3. The van der Waals surface area contributed by atoms with E-state index in [1.165, 1.54) is 0 Å².